The van der Waals surface area contributed by atoms with Crippen LogP contribution >= 0.6 is 0 Å². The number of nitrogens with zero attached hydrogens (tertiary/aromatic N) is 1. The summed E-state index contributed by atoms with van der Waals surface area (Å²) < 4.78 is 0. The average Bonchev–Trinajstić information content (AvgIpc) is 3.10. The second kappa shape index (κ2) is 7.41. The van der Waals surface area contributed by atoms with E-state index >= 15 is 0 Å². The van der Waals surface area contributed by atoms with Gasteiger partial charge in [-0.1, -0.05) is 12.8 Å². The van der Waals surface area contributed by atoms with Crippen molar-refractivity contribution in [2.24, 2.45) is 17.8 Å². The van der Waals surface area contributed by atoms with Crippen molar-refractivity contribution < 1.29 is 9.59 Å². The number of hydrogen-bond donors (Lipinski definition) is 2. The Hall–Kier alpha value is -2.04. The highest BCUT2D eigenvalue weighted by atomic mass is 16.2. The summed E-state index contributed by atoms with van der Waals surface area (Å²) in [6, 6.07) is 8.09. The molecule has 2 atom stereocenters. The van der Waals surface area contributed by atoms with Gasteiger partial charge in [-0.3, -0.25) is 4.79 Å². The standard InChI is InChI=1S/C23H31N3O2/c27-22(24-19-3-1-2-4-19)18-5-7-20(8-6-18)25-23(28)26-14-17-10-15-9-16(11-17)13-21(26)12-15/h5-8,15-17,19,21H,1-4,9-14H2,(H,24,27)(H,25,28). The lowest BCUT2D eigenvalue weighted by molar-refractivity contribution is 0.0938. The molecule has 5 fully saturated rings. The fourth-order valence-electron chi connectivity index (χ4n) is 6.27. The van der Waals surface area contributed by atoms with Gasteiger partial charge < -0.3 is 15.5 Å². The first-order valence-electron chi connectivity index (χ1n) is 11.1. The summed E-state index contributed by atoms with van der Waals surface area (Å²) >= 11 is 0. The summed E-state index contributed by atoms with van der Waals surface area (Å²) in [7, 11) is 0. The van der Waals surface area contributed by atoms with Gasteiger partial charge in [0.15, 0.2) is 0 Å². The lowest BCUT2D eigenvalue weighted by atomic mass is 9.68. The third kappa shape index (κ3) is 3.63. The molecule has 0 aromatic heterocycles. The van der Waals surface area contributed by atoms with Gasteiger partial charge >= 0.3 is 6.03 Å². The van der Waals surface area contributed by atoms with Crippen LogP contribution in [0.5, 0.6) is 0 Å². The van der Waals surface area contributed by atoms with Gasteiger partial charge in [0.25, 0.3) is 5.91 Å². The van der Waals surface area contributed by atoms with Gasteiger partial charge in [0.1, 0.15) is 0 Å². The highest BCUT2D eigenvalue weighted by Crippen LogP contribution is 2.47. The van der Waals surface area contributed by atoms with Crippen molar-refractivity contribution in [2.75, 3.05) is 11.9 Å². The van der Waals surface area contributed by atoms with Crippen molar-refractivity contribution >= 4 is 17.6 Å². The summed E-state index contributed by atoms with van der Waals surface area (Å²) in [4.78, 5) is 27.4. The molecule has 3 amide bonds. The zero-order valence-electron chi connectivity index (χ0n) is 16.5. The fraction of sp³-hybridized carbons (Fsp3) is 0.652. The maximum Gasteiger partial charge on any atom is 0.322 e. The number of benzene rings is 1. The lowest BCUT2D eigenvalue weighted by Gasteiger charge is -2.38. The van der Waals surface area contributed by atoms with E-state index in [1.54, 1.807) is 0 Å². The van der Waals surface area contributed by atoms with Gasteiger partial charge in [0.05, 0.1) is 0 Å². The molecule has 2 unspecified atom stereocenters. The van der Waals surface area contributed by atoms with E-state index < -0.39 is 0 Å². The molecule has 2 heterocycles. The summed E-state index contributed by atoms with van der Waals surface area (Å²) in [5.41, 5.74) is 1.43. The number of urea groups is 1. The number of rotatable bonds is 3. The number of carbonyl (C=O) groups is 2. The van der Waals surface area contributed by atoms with Gasteiger partial charge in [-0.15, -0.1) is 0 Å². The Morgan fingerprint density at radius 2 is 1.50 bits per heavy atom. The largest absolute Gasteiger partial charge is 0.349 e. The van der Waals surface area contributed by atoms with Crippen LogP contribution in [-0.4, -0.2) is 35.5 Å². The fourth-order valence-corrected chi connectivity index (χ4v) is 6.27. The first-order chi connectivity index (χ1) is 13.6. The molecule has 150 valence electrons. The molecule has 0 spiro atoms. The predicted octanol–water partition coefficient (Wildman–Crippen LogP) is 4.40. The van der Waals surface area contributed by atoms with E-state index in [-0.39, 0.29) is 11.9 Å². The number of hydrogen-bond acceptors (Lipinski definition) is 2. The topological polar surface area (TPSA) is 61.4 Å². The van der Waals surface area contributed by atoms with Crippen LogP contribution in [0.25, 0.3) is 0 Å². The first-order valence-corrected chi connectivity index (χ1v) is 11.1. The van der Waals surface area contributed by atoms with Crippen molar-refractivity contribution in [3.8, 4) is 0 Å². The zero-order valence-corrected chi connectivity index (χ0v) is 16.5. The lowest BCUT2D eigenvalue weighted by Crippen LogP contribution is -2.44. The van der Waals surface area contributed by atoms with Crippen LogP contribution < -0.4 is 10.6 Å². The van der Waals surface area contributed by atoms with Crippen LogP contribution in [0, 0.1) is 17.8 Å². The number of fused-ring (bicyclic) bond motifs is 1. The van der Waals surface area contributed by atoms with Crippen LogP contribution in [0.15, 0.2) is 24.3 Å². The van der Waals surface area contributed by atoms with Crippen molar-refractivity contribution in [3.05, 3.63) is 29.8 Å². The molecule has 3 saturated carbocycles. The molecule has 28 heavy (non-hydrogen) atoms. The van der Waals surface area contributed by atoms with E-state index in [4.69, 9.17) is 0 Å². The Balaban J connectivity index is 1.21. The Labute approximate surface area is 167 Å². The zero-order chi connectivity index (χ0) is 19.1. The Morgan fingerprint density at radius 1 is 0.857 bits per heavy atom. The average molecular weight is 382 g/mol. The molecule has 1 aromatic carbocycles. The molecule has 5 heteroatoms. The van der Waals surface area contributed by atoms with Crippen molar-refractivity contribution in [3.63, 3.8) is 0 Å². The molecule has 2 saturated heterocycles. The van der Waals surface area contributed by atoms with Crippen LogP contribution in [0.1, 0.15) is 68.1 Å². The normalized spacial score (nSPS) is 31.6. The second-order valence-electron chi connectivity index (χ2n) is 9.55. The minimum absolute atomic E-state index is 0.00897. The monoisotopic (exact) mass is 381 g/mol. The molecule has 5 aliphatic rings. The van der Waals surface area contributed by atoms with Gasteiger partial charge in [0, 0.05) is 29.9 Å². The summed E-state index contributed by atoms with van der Waals surface area (Å²) in [5, 5.41) is 6.19. The minimum Gasteiger partial charge on any atom is -0.349 e. The number of carbonyl (C=O) groups excluding carboxylic acids is 2. The SMILES string of the molecule is O=C(NC1CCCC1)c1ccc(NC(=O)N2CC3CC4CC(C3)CC2C4)cc1. The summed E-state index contributed by atoms with van der Waals surface area (Å²) in [6.07, 6.45) is 10.9. The molecule has 2 aliphatic heterocycles. The van der Waals surface area contributed by atoms with Crippen molar-refractivity contribution in [1.82, 2.24) is 10.2 Å². The maximum absolute atomic E-state index is 13.0. The highest BCUT2D eigenvalue weighted by Gasteiger charge is 2.44. The minimum atomic E-state index is -0.00897. The van der Waals surface area contributed by atoms with Gasteiger partial charge in [0.2, 0.25) is 0 Å². The number of anilines is 1. The van der Waals surface area contributed by atoms with E-state index in [1.807, 2.05) is 24.3 Å². The number of nitrogens with one attached hydrogen (secondary N) is 2. The summed E-state index contributed by atoms with van der Waals surface area (Å²) in [5.74, 6) is 2.34. The Morgan fingerprint density at radius 3 is 2.18 bits per heavy atom. The molecule has 0 radical (unpaired) electrons. The molecule has 2 N–H and O–H groups in total. The smallest absolute Gasteiger partial charge is 0.322 e. The van der Waals surface area contributed by atoms with E-state index in [2.05, 4.69) is 15.5 Å². The van der Waals surface area contributed by atoms with Gasteiger partial charge in [-0.2, -0.15) is 0 Å². The molecule has 3 aliphatic carbocycles. The van der Waals surface area contributed by atoms with Gasteiger partial charge in [-0.05, 0) is 87.0 Å². The summed E-state index contributed by atoms with van der Waals surface area (Å²) in [6.45, 7) is 0.908. The molecule has 4 bridgehead atoms. The molecular weight excluding hydrogens is 350 g/mol. The highest BCUT2D eigenvalue weighted by molar-refractivity contribution is 5.95. The third-order valence-electron chi connectivity index (χ3n) is 7.46. The van der Waals surface area contributed by atoms with Gasteiger partial charge in [-0.25, -0.2) is 4.79 Å². The van der Waals surface area contributed by atoms with Crippen LogP contribution in [0.3, 0.4) is 0 Å². The van der Waals surface area contributed by atoms with Crippen LogP contribution in [0.2, 0.25) is 0 Å². The predicted molar refractivity (Wildman–Crippen MR) is 109 cm³/mol. The van der Waals surface area contributed by atoms with E-state index in [0.29, 0.717) is 23.6 Å². The Bertz CT molecular complexity index is 727. The quantitative estimate of drug-likeness (QED) is 0.815. The molecule has 6 rings (SSSR count). The van der Waals surface area contributed by atoms with E-state index in [0.717, 1.165) is 36.9 Å². The number of amides is 3. The van der Waals surface area contributed by atoms with Crippen LogP contribution in [-0.2, 0) is 0 Å². The molecular formula is C23H31N3O2. The van der Waals surface area contributed by atoms with Crippen molar-refractivity contribution in [2.45, 2.75) is 69.9 Å². The molecule has 1 aromatic rings. The third-order valence-corrected chi connectivity index (χ3v) is 7.46. The Kier molecular flexibility index (Phi) is 4.77. The van der Waals surface area contributed by atoms with Crippen molar-refractivity contribution in [1.29, 1.82) is 0 Å². The van der Waals surface area contributed by atoms with Crippen LogP contribution in [0.4, 0.5) is 10.5 Å². The first kappa shape index (κ1) is 18.0. The second-order valence-corrected chi connectivity index (χ2v) is 9.55. The van der Waals surface area contributed by atoms with E-state index in [1.165, 1.54) is 44.9 Å². The van der Waals surface area contributed by atoms with E-state index in [9.17, 15) is 9.59 Å². The maximum atomic E-state index is 13.0. The molecule has 5 nitrogen and oxygen atoms in total.